The molecular formula is C35H42N2O7S. The highest BCUT2D eigenvalue weighted by Gasteiger charge is 2.73. The van der Waals surface area contributed by atoms with Gasteiger partial charge in [0, 0.05) is 16.4 Å². The van der Waals surface area contributed by atoms with Crippen LogP contribution in [0.1, 0.15) is 85.3 Å². The van der Waals surface area contributed by atoms with Crippen LogP contribution in [0.4, 0.5) is 0 Å². The van der Waals surface area contributed by atoms with Gasteiger partial charge in [0.15, 0.2) is 17.1 Å². The number of fused-ring (bicyclic) bond motifs is 4. The third kappa shape index (κ3) is 5.01. The summed E-state index contributed by atoms with van der Waals surface area (Å²) in [6, 6.07) is 14.5. The summed E-state index contributed by atoms with van der Waals surface area (Å²) < 4.78 is 16.2. The lowest BCUT2D eigenvalue weighted by Crippen LogP contribution is -2.71. The summed E-state index contributed by atoms with van der Waals surface area (Å²) in [5.74, 6) is -1.91. The second kappa shape index (κ2) is 12.5. The summed E-state index contributed by atoms with van der Waals surface area (Å²) >= 11 is 1.23. The Bertz CT molecular complexity index is 1560. The monoisotopic (exact) mass is 634 g/mol. The lowest BCUT2D eigenvalue weighted by Gasteiger charge is -2.57. The number of unbranched alkanes of at least 4 members (excludes halogenated alkanes) is 2. The van der Waals surface area contributed by atoms with Gasteiger partial charge in [-0.25, -0.2) is 0 Å². The molecule has 0 bridgehead atoms. The molecule has 0 spiro atoms. The van der Waals surface area contributed by atoms with Crippen LogP contribution in [0.2, 0.25) is 0 Å². The molecule has 2 N–H and O–H groups in total. The van der Waals surface area contributed by atoms with Crippen molar-refractivity contribution in [1.82, 2.24) is 10.1 Å². The molecule has 2 aromatic carbocycles. The topological polar surface area (TPSA) is 122 Å². The van der Waals surface area contributed by atoms with Gasteiger partial charge in [-0.05, 0) is 74.6 Å². The van der Waals surface area contributed by atoms with Crippen molar-refractivity contribution in [1.29, 1.82) is 0 Å². The third-order valence-corrected chi connectivity index (χ3v) is 11.3. The Morgan fingerprint density at radius 3 is 2.42 bits per heavy atom. The van der Waals surface area contributed by atoms with Gasteiger partial charge >= 0.3 is 0 Å². The maximum Gasteiger partial charge on any atom is 0.265 e. The first kappa shape index (κ1) is 31.8. The molecular weight excluding hydrogens is 592 g/mol. The first-order valence-electron chi connectivity index (χ1n) is 16.0. The van der Waals surface area contributed by atoms with E-state index < -0.39 is 45.9 Å². The highest BCUT2D eigenvalue weighted by molar-refractivity contribution is 8.01. The minimum absolute atomic E-state index is 0.00417. The first-order chi connectivity index (χ1) is 21.7. The number of hydrogen-bond acceptors (Lipinski definition) is 10. The van der Waals surface area contributed by atoms with Gasteiger partial charge < -0.3 is 24.2 Å². The van der Waals surface area contributed by atoms with Crippen molar-refractivity contribution in [3.63, 3.8) is 0 Å². The van der Waals surface area contributed by atoms with E-state index in [9.17, 15) is 15.0 Å². The summed E-state index contributed by atoms with van der Waals surface area (Å²) in [5.41, 5.74) is -1.00. The van der Waals surface area contributed by atoms with Gasteiger partial charge in [0.1, 0.15) is 22.2 Å². The molecule has 0 saturated heterocycles. The Kier molecular flexibility index (Phi) is 8.86. The average Bonchev–Trinajstić information content (AvgIpc) is 3.44. The minimum atomic E-state index is -2.45. The van der Waals surface area contributed by atoms with E-state index in [-0.39, 0.29) is 11.4 Å². The molecule has 1 heterocycles. The highest BCUT2D eigenvalue weighted by Crippen LogP contribution is 2.64. The molecule has 1 aromatic heterocycles. The predicted octanol–water partition coefficient (Wildman–Crippen LogP) is 5.59. The quantitative estimate of drug-likeness (QED) is 0.204. The van der Waals surface area contributed by atoms with Gasteiger partial charge in [0.2, 0.25) is 5.78 Å². The van der Waals surface area contributed by atoms with Crippen LogP contribution in [0.3, 0.4) is 0 Å². The zero-order chi connectivity index (χ0) is 31.9. The summed E-state index contributed by atoms with van der Waals surface area (Å²) in [6.07, 6.45) is 2.83. The highest BCUT2D eigenvalue weighted by atomic mass is 32.2. The van der Waals surface area contributed by atoms with Crippen LogP contribution >= 0.6 is 11.8 Å². The Morgan fingerprint density at radius 1 is 1.02 bits per heavy atom. The van der Waals surface area contributed by atoms with Crippen molar-refractivity contribution in [3.8, 4) is 11.6 Å². The van der Waals surface area contributed by atoms with Gasteiger partial charge in [-0.2, -0.15) is 0 Å². The van der Waals surface area contributed by atoms with E-state index in [1.807, 2.05) is 74.4 Å². The van der Waals surface area contributed by atoms with Crippen LogP contribution in [0.15, 0.2) is 57.9 Å². The van der Waals surface area contributed by atoms with Gasteiger partial charge in [-0.15, -0.1) is 11.8 Å². The van der Waals surface area contributed by atoms with Gasteiger partial charge in [-0.1, -0.05) is 57.0 Å². The molecule has 0 amide bonds. The normalized spacial score (nSPS) is 28.7. The second-order valence-corrected chi connectivity index (χ2v) is 14.0. The fourth-order valence-electron chi connectivity index (χ4n) is 7.47. The Morgan fingerprint density at radius 2 is 1.73 bits per heavy atom. The minimum Gasteiger partial charge on any atom is -0.493 e. The number of ketones is 2. The van der Waals surface area contributed by atoms with Gasteiger partial charge in [0.05, 0.1) is 19.3 Å². The van der Waals surface area contributed by atoms with Crippen molar-refractivity contribution in [2.24, 2.45) is 11.8 Å². The van der Waals surface area contributed by atoms with Crippen LogP contribution in [-0.2, 0) is 11.2 Å². The molecule has 3 aromatic rings. The van der Waals surface area contributed by atoms with Gasteiger partial charge in [0.25, 0.3) is 5.88 Å². The lowest BCUT2D eigenvalue weighted by molar-refractivity contribution is -0.159. The number of carbonyl (C=O) groups excluding carboxylic acids is 2. The van der Waals surface area contributed by atoms with Crippen molar-refractivity contribution in [3.05, 3.63) is 71.0 Å². The third-order valence-electron chi connectivity index (χ3n) is 9.67. The molecule has 45 heavy (non-hydrogen) atoms. The molecule has 10 heteroatoms. The zero-order valence-electron chi connectivity index (χ0n) is 26.3. The number of carbonyl (C=O) groups is 2. The van der Waals surface area contributed by atoms with E-state index in [0.717, 1.165) is 36.1 Å². The molecule has 3 aliphatic carbocycles. The number of rotatable bonds is 11. The lowest BCUT2D eigenvalue weighted by atomic mass is 9.53. The van der Waals surface area contributed by atoms with Crippen molar-refractivity contribution in [2.45, 2.75) is 79.8 Å². The number of Topliss-reactive ketones (excluding diaryl/α,β-unsaturated/α-hetero) is 2. The van der Waals surface area contributed by atoms with Crippen LogP contribution in [0.25, 0.3) is 0 Å². The molecule has 1 saturated carbocycles. The van der Waals surface area contributed by atoms with Crippen molar-refractivity contribution in [2.75, 3.05) is 27.3 Å². The van der Waals surface area contributed by atoms with Crippen LogP contribution in [0.5, 0.6) is 11.6 Å². The summed E-state index contributed by atoms with van der Waals surface area (Å²) in [6.45, 7) is 4.90. The maximum absolute atomic E-state index is 15.3. The van der Waals surface area contributed by atoms with E-state index in [1.165, 1.54) is 11.8 Å². The number of ether oxygens (including phenoxy) is 2. The van der Waals surface area contributed by atoms with Crippen LogP contribution in [-0.4, -0.2) is 69.5 Å². The fourth-order valence-corrected chi connectivity index (χ4v) is 8.98. The van der Waals surface area contributed by atoms with E-state index in [1.54, 1.807) is 0 Å². The van der Waals surface area contributed by atoms with E-state index in [0.29, 0.717) is 43.1 Å². The van der Waals surface area contributed by atoms with Crippen molar-refractivity contribution < 1.29 is 33.8 Å². The second-order valence-electron chi connectivity index (χ2n) is 12.6. The molecule has 0 radical (unpaired) electrons. The standard InChI is InChI=1S/C35H42N2O7S/c1-5-7-17-42-25-16-12-13-21-19-22-20-24-28(37(3)4)29-27(32(36-44-29)43-18-8-6-2)30(38)34(24,41)33(40)35(22,31(39)26(21)25)45-23-14-10-9-11-15-23/h9-16,22,24,28,31,39,41H,5-8,17-20H2,1-4H3/t22-,24+,28+,31-,34-,35-/m1/s1. The molecule has 1 fully saturated rings. The Hall–Kier alpha value is -3.18. The van der Waals surface area contributed by atoms with E-state index in [2.05, 4.69) is 12.1 Å². The van der Waals surface area contributed by atoms with Crippen LogP contribution in [0, 0.1) is 11.8 Å². The number of aliphatic hydroxyl groups excluding tert-OH is 1. The van der Waals surface area contributed by atoms with Crippen LogP contribution < -0.4 is 9.47 Å². The molecule has 6 atom stereocenters. The first-order valence-corrected chi connectivity index (χ1v) is 16.8. The molecule has 0 unspecified atom stereocenters. The zero-order valence-corrected chi connectivity index (χ0v) is 27.1. The van der Waals surface area contributed by atoms with Crippen molar-refractivity contribution >= 4 is 23.3 Å². The van der Waals surface area contributed by atoms with Gasteiger partial charge in [-0.3, -0.25) is 14.5 Å². The number of hydrogen-bond donors (Lipinski definition) is 2. The van der Waals surface area contributed by atoms with E-state index >= 15 is 4.79 Å². The van der Waals surface area contributed by atoms with E-state index in [4.69, 9.17) is 14.0 Å². The SMILES string of the molecule is CCCCOc1cccc2c1[C@@H](O)[C@@]1(Sc3ccccc3)C(=O)[C@]3(O)C(=O)c4c(OCCCC)noc4[C@@H](N(C)C)[C@@H]3C[C@H]1C2. The molecule has 0 aliphatic heterocycles. The molecule has 240 valence electrons. The summed E-state index contributed by atoms with van der Waals surface area (Å²) in [4.78, 5) is 32.5. The fraction of sp³-hybridized carbons (Fsp3) is 0.514. The predicted molar refractivity (Wildman–Crippen MR) is 170 cm³/mol. The summed E-state index contributed by atoms with van der Waals surface area (Å²) in [5, 5.41) is 29.3. The largest absolute Gasteiger partial charge is 0.493 e. The molecule has 6 rings (SSSR count). The number of benzene rings is 2. The number of thioether (sulfide) groups is 1. The Balaban J connectivity index is 1.52. The smallest absolute Gasteiger partial charge is 0.265 e. The molecule has 3 aliphatic rings. The average molecular weight is 635 g/mol. The number of aliphatic hydroxyl groups is 2. The number of nitrogens with zero attached hydrogens (tertiary/aromatic N) is 2. The Labute approximate surface area is 268 Å². The maximum atomic E-state index is 15.3. The molecule has 9 nitrogen and oxygen atoms in total. The number of aromatic nitrogens is 1. The summed E-state index contributed by atoms with van der Waals surface area (Å²) in [7, 11) is 3.67.